The summed E-state index contributed by atoms with van der Waals surface area (Å²) in [5.74, 6) is 1.21. The van der Waals surface area contributed by atoms with E-state index in [4.69, 9.17) is 15.9 Å². The molecule has 27 heavy (non-hydrogen) atoms. The van der Waals surface area contributed by atoms with Crippen LogP contribution in [-0.2, 0) is 11.2 Å². The Morgan fingerprint density at radius 1 is 1.22 bits per heavy atom. The monoisotopic (exact) mass is 370 g/mol. The Kier molecular flexibility index (Phi) is 4.86. The number of ether oxygens (including phenoxy) is 1. The molecule has 3 heterocycles. The third kappa shape index (κ3) is 3.56. The van der Waals surface area contributed by atoms with Crippen LogP contribution in [0.2, 0.25) is 0 Å². The van der Waals surface area contributed by atoms with Crippen molar-refractivity contribution >= 4 is 17.5 Å². The molecule has 0 bridgehead atoms. The van der Waals surface area contributed by atoms with E-state index in [1.165, 1.54) is 0 Å². The van der Waals surface area contributed by atoms with Gasteiger partial charge in [0, 0.05) is 24.4 Å². The zero-order chi connectivity index (χ0) is 19.0. The van der Waals surface area contributed by atoms with Gasteiger partial charge in [0.15, 0.2) is 5.78 Å². The molecule has 3 aliphatic rings. The van der Waals surface area contributed by atoms with Crippen LogP contribution in [0.25, 0.3) is 0 Å². The molecule has 1 atom stereocenters. The molecule has 0 saturated carbocycles. The number of amidine groups is 1. The van der Waals surface area contributed by atoms with Gasteiger partial charge < -0.3 is 15.4 Å². The van der Waals surface area contributed by atoms with Crippen molar-refractivity contribution in [1.82, 2.24) is 9.80 Å². The number of nitrogens with zero attached hydrogens (tertiary/aromatic N) is 2. The summed E-state index contributed by atoms with van der Waals surface area (Å²) in [5, 5.41) is 7.39. The first-order valence-electron chi connectivity index (χ1n) is 9.68. The lowest BCUT2D eigenvalue weighted by Crippen LogP contribution is -2.47. The van der Waals surface area contributed by atoms with Crippen molar-refractivity contribution in [3.05, 3.63) is 29.3 Å². The van der Waals surface area contributed by atoms with Crippen LogP contribution in [0.3, 0.4) is 0 Å². The fraction of sp³-hybridized carbons (Fsp3) is 0.550. The van der Waals surface area contributed by atoms with Gasteiger partial charge in [0.1, 0.15) is 11.6 Å². The van der Waals surface area contributed by atoms with Gasteiger partial charge in [-0.15, -0.1) is 0 Å². The summed E-state index contributed by atoms with van der Waals surface area (Å²) in [5.41, 5.74) is 7.33. The first kappa shape index (κ1) is 18.0. The van der Waals surface area contributed by atoms with Crippen LogP contribution in [0.5, 0.6) is 5.75 Å². The van der Waals surface area contributed by atoms with Gasteiger partial charge in [-0.05, 0) is 56.1 Å². The number of carbonyl (C=O) groups excluding carboxylic acids is 2. The molecule has 7 nitrogen and oxygen atoms in total. The average Bonchev–Trinajstić information content (AvgIpc) is 3.27. The number of nitrogens with one attached hydrogen (secondary N) is 1. The number of nitrogens with two attached hydrogens (primary N) is 1. The van der Waals surface area contributed by atoms with Crippen molar-refractivity contribution < 1.29 is 14.3 Å². The minimum absolute atomic E-state index is 0.0199. The summed E-state index contributed by atoms with van der Waals surface area (Å²) in [7, 11) is 0. The van der Waals surface area contributed by atoms with Crippen molar-refractivity contribution in [2.45, 2.75) is 31.7 Å². The number of benzene rings is 1. The minimum Gasteiger partial charge on any atom is -0.493 e. The standard InChI is InChI=1S/C20H26N4O3/c21-18(22)12-24-9-5-16(20(24)26)23-7-3-13(4-8-23)19(25)15-1-2-17-14(11-15)6-10-27-17/h1-2,11,13,16H,3-10,12H2,(H3,21,22). The molecule has 1 aromatic rings. The van der Waals surface area contributed by atoms with Gasteiger partial charge in [-0.1, -0.05) is 0 Å². The summed E-state index contributed by atoms with van der Waals surface area (Å²) in [6.45, 7) is 3.08. The summed E-state index contributed by atoms with van der Waals surface area (Å²) in [6.07, 6.45) is 3.21. The highest BCUT2D eigenvalue weighted by molar-refractivity contribution is 5.98. The van der Waals surface area contributed by atoms with E-state index in [1.54, 1.807) is 4.90 Å². The van der Waals surface area contributed by atoms with E-state index in [2.05, 4.69) is 4.90 Å². The Bertz CT molecular complexity index is 770. The Morgan fingerprint density at radius 2 is 2.00 bits per heavy atom. The van der Waals surface area contributed by atoms with Gasteiger partial charge >= 0.3 is 0 Å². The Balaban J connectivity index is 1.34. The summed E-state index contributed by atoms with van der Waals surface area (Å²) in [4.78, 5) is 29.3. The lowest BCUT2D eigenvalue weighted by atomic mass is 9.87. The normalized spacial score (nSPS) is 23.3. The number of piperidine rings is 1. The zero-order valence-electron chi connectivity index (χ0n) is 15.4. The van der Waals surface area contributed by atoms with Crippen molar-refractivity contribution in [3.63, 3.8) is 0 Å². The molecule has 3 N–H and O–H groups in total. The molecule has 1 amide bonds. The van der Waals surface area contributed by atoms with Crippen LogP contribution in [0.4, 0.5) is 0 Å². The molecule has 0 spiro atoms. The molecule has 0 radical (unpaired) electrons. The largest absolute Gasteiger partial charge is 0.493 e. The number of carbonyl (C=O) groups is 2. The van der Waals surface area contributed by atoms with Gasteiger partial charge in [-0.25, -0.2) is 0 Å². The van der Waals surface area contributed by atoms with Crippen molar-refractivity contribution in [2.75, 3.05) is 32.8 Å². The summed E-state index contributed by atoms with van der Waals surface area (Å²) in [6, 6.07) is 5.64. The lowest BCUT2D eigenvalue weighted by Gasteiger charge is -2.34. The second-order valence-corrected chi connectivity index (χ2v) is 7.68. The Hall–Kier alpha value is -2.41. The SMILES string of the molecule is N=C(N)CN1CCC(N2CCC(C(=O)c3ccc4c(c3)CCO4)CC2)C1=O. The first-order valence-corrected chi connectivity index (χ1v) is 9.68. The fourth-order valence-electron chi connectivity index (χ4n) is 4.47. The van der Waals surface area contributed by atoms with E-state index >= 15 is 0 Å². The Labute approximate surface area is 159 Å². The van der Waals surface area contributed by atoms with Gasteiger partial charge in [0.2, 0.25) is 5.91 Å². The van der Waals surface area contributed by atoms with E-state index in [1.807, 2.05) is 18.2 Å². The van der Waals surface area contributed by atoms with Crippen molar-refractivity contribution in [1.29, 1.82) is 5.41 Å². The molecule has 7 heteroatoms. The number of likely N-dealkylation sites (tertiary alicyclic amines) is 2. The lowest BCUT2D eigenvalue weighted by molar-refractivity contribution is -0.131. The molecule has 144 valence electrons. The van der Waals surface area contributed by atoms with Crippen LogP contribution in [0, 0.1) is 11.3 Å². The highest BCUT2D eigenvalue weighted by atomic mass is 16.5. The predicted molar refractivity (Wildman–Crippen MR) is 101 cm³/mol. The number of rotatable bonds is 5. The van der Waals surface area contributed by atoms with Crippen LogP contribution in [0.1, 0.15) is 35.2 Å². The highest BCUT2D eigenvalue weighted by Crippen LogP contribution is 2.30. The van der Waals surface area contributed by atoms with Crippen LogP contribution >= 0.6 is 0 Å². The van der Waals surface area contributed by atoms with Crippen LogP contribution in [-0.4, -0.2) is 66.2 Å². The molecular weight excluding hydrogens is 344 g/mol. The fourth-order valence-corrected chi connectivity index (χ4v) is 4.47. The number of hydrogen-bond donors (Lipinski definition) is 2. The molecule has 2 fully saturated rings. The third-order valence-electron chi connectivity index (χ3n) is 5.95. The predicted octanol–water partition coefficient (Wildman–Crippen LogP) is 1.05. The van der Waals surface area contributed by atoms with E-state index < -0.39 is 0 Å². The quantitative estimate of drug-likeness (QED) is 0.459. The molecular formula is C20H26N4O3. The number of amides is 1. The van der Waals surface area contributed by atoms with E-state index in [9.17, 15) is 9.59 Å². The summed E-state index contributed by atoms with van der Waals surface area (Å²) < 4.78 is 5.52. The maximum atomic E-state index is 12.9. The zero-order valence-corrected chi connectivity index (χ0v) is 15.4. The maximum Gasteiger partial charge on any atom is 0.240 e. The number of fused-ring (bicyclic) bond motifs is 1. The van der Waals surface area contributed by atoms with Crippen LogP contribution in [0.15, 0.2) is 18.2 Å². The molecule has 1 unspecified atom stereocenters. The average molecular weight is 370 g/mol. The maximum absolute atomic E-state index is 12.9. The van der Waals surface area contributed by atoms with Crippen LogP contribution < -0.4 is 10.5 Å². The second-order valence-electron chi connectivity index (χ2n) is 7.68. The van der Waals surface area contributed by atoms with Crippen molar-refractivity contribution in [2.24, 2.45) is 11.7 Å². The third-order valence-corrected chi connectivity index (χ3v) is 5.95. The molecule has 0 aromatic heterocycles. The van der Waals surface area contributed by atoms with Gasteiger partial charge in [0.05, 0.1) is 19.2 Å². The van der Waals surface area contributed by atoms with Gasteiger partial charge in [0.25, 0.3) is 0 Å². The van der Waals surface area contributed by atoms with E-state index in [-0.39, 0.29) is 36.0 Å². The number of ketones is 1. The van der Waals surface area contributed by atoms with E-state index in [0.717, 1.165) is 55.6 Å². The topological polar surface area (TPSA) is 99.7 Å². The van der Waals surface area contributed by atoms with Gasteiger partial charge in [-0.2, -0.15) is 0 Å². The molecule has 4 rings (SSSR count). The second kappa shape index (κ2) is 7.31. The smallest absolute Gasteiger partial charge is 0.240 e. The van der Waals surface area contributed by atoms with Gasteiger partial charge in [-0.3, -0.25) is 19.9 Å². The highest BCUT2D eigenvalue weighted by Gasteiger charge is 2.38. The molecule has 3 aliphatic heterocycles. The number of Topliss-reactive ketones (excluding diaryl/α,β-unsaturated/α-hetero) is 1. The first-order chi connectivity index (χ1) is 13.0. The van der Waals surface area contributed by atoms with E-state index in [0.29, 0.717) is 13.2 Å². The number of hydrogen-bond acceptors (Lipinski definition) is 5. The van der Waals surface area contributed by atoms with Crippen molar-refractivity contribution in [3.8, 4) is 5.75 Å². The minimum atomic E-state index is -0.127. The summed E-state index contributed by atoms with van der Waals surface area (Å²) >= 11 is 0. The molecule has 2 saturated heterocycles. The Morgan fingerprint density at radius 3 is 2.74 bits per heavy atom. The molecule has 1 aromatic carbocycles. The molecule has 0 aliphatic carbocycles.